The molecule has 14 heavy (non-hydrogen) atoms. The highest BCUT2D eigenvalue weighted by molar-refractivity contribution is 5.79. The Morgan fingerprint density at radius 3 is 2.64 bits per heavy atom. The zero-order valence-corrected chi connectivity index (χ0v) is 8.76. The lowest BCUT2D eigenvalue weighted by Gasteiger charge is -2.19. The molecule has 0 radical (unpaired) electrons. The lowest BCUT2D eigenvalue weighted by molar-refractivity contribution is 0.112. The number of aryl methyl sites for hydroxylation is 2. The highest BCUT2D eigenvalue weighted by Crippen LogP contribution is 2.25. The summed E-state index contributed by atoms with van der Waals surface area (Å²) >= 11 is 0. The van der Waals surface area contributed by atoms with Crippen LogP contribution in [0.4, 0.5) is 0 Å². The molecule has 0 saturated carbocycles. The maximum atomic E-state index is 10.9. The van der Waals surface area contributed by atoms with Crippen LogP contribution in [0, 0.1) is 13.8 Å². The summed E-state index contributed by atoms with van der Waals surface area (Å²) in [5, 5.41) is 0. The van der Waals surface area contributed by atoms with E-state index in [4.69, 9.17) is 0 Å². The molecule has 1 aliphatic carbocycles. The molecule has 2 rings (SSSR count). The van der Waals surface area contributed by atoms with E-state index >= 15 is 0 Å². The molecule has 0 atom stereocenters. The SMILES string of the molecule is Cc1nc2c(c(C)c1C=O)CCCC2. The zero-order valence-electron chi connectivity index (χ0n) is 8.76. The number of hydrogen-bond donors (Lipinski definition) is 0. The van der Waals surface area contributed by atoms with Crippen LogP contribution < -0.4 is 0 Å². The van der Waals surface area contributed by atoms with Crippen LogP contribution in [0.15, 0.2) is 0 Å². The first-order chi connectivity index (χ1) is 6.74. The number of carbonyl (C=O) groups excluding carboxylic acids is 1. The predicted molar refractivity (Wildman–Crippen MR) is 55.7 cm³/mol. The normalized spacial score (nSPS) is 15.0. The topological polar surface area (TPSA) is 30.0 Å². The number of hydrogen-bond acceptors (Lipinski definition) is 2. The molecule has 0 amide bonds. The predicted octanol–water partition coefficient (Wildman–Crippen LogP) is 2.39. The average molecular weight is 189 g/mol. The number of rotatable bonds is 1. The van der Waals surface area contributed by atoms with Crippen LogP contribution in [0.3, 0.4) is 0 Å². The van der Waals surface area contributed by atoms with Gasteiger partial charge < -0.3 is 0 Å². The Kier molecular flexibility index (Phi) is 2.36. The number of nitrogens with zero attached hydrogens (tertiary/aromatic N) is 1. The van der Waals surface area contributed by atoms with Gasteiger partial charge in [0.2, 0.25) is 0 Å². The monoisotopic (exact) mass is 189 g/mol. The third-order valence-electron chi connectivity index (χ3n) is 3.11. The maximum absolute atomic E-state index is 10.9. The lowest BCUT2D eigenvalue weighted by Crippen LogP contribution is -2.11. The van der Waals surface area contributed by atoms with Crippen LogP contribution in [-0.2, 0) is 12.8 Å². The van der Waals surface area contributed by atoms with Gasteiger partial charge in [0.15, 0.2) is 6.29 Å². The fourth-order valence-electron chi connectivity index (χ4n) is 2.29. The van der Waals surface area contributed by atoms with E-state index < -0.39 is 0 Å². The van der Waals surface area contributed by atoms with Gasteiger partial charge in [0.1, 0.15) is 0 Å². The van der Waals surface area contributed by atoms with Crippen molar-refractivity contribution in [2.75, 3.05) is 0 Å². The molecule has 1 aromatic heterocycles. The van der Waals surface area contributed by atoms with Crippen molar-refractivity contribution in [1.82, 2.24) is 4.98 Å². The second-order valence-electron chi connectivity index (χ2n) is 3.99. The molecule has 0 saturated heterocycles. The van der Waals surface area contributed by atoms with E-state index in [9.17, 15) is 4.79 Å². The van der Waals surface area contributed by atoms with Crippen molar-refractivity contribution >= 4 is 6.29 Å². The van der Waals surface area contributed by atoms with Gasteiger partial charge in [-0.05, 0) is 50.7 Å². The number of aldehydes is 1. The summed E-state index contributed by atoms with van der Waals surface area (Å²) in [6, 6.07) is 0. The summed E-state index contributed by atoms with van der Waals surface area (Å²) < 4.78 is 0. The fraction of sp³-hybridized carbons (Fsp3) is 0.500. The summed E-state index contributed by atoms with van der Waals surface area (Å²) in [6.07, 6.45) is 5.58. The molecule has 0 unspecified atom stereocenters. The van der Waals surface area contributed by atoms with E-state index in [-0.39, 0.29) is 0 Å². The Balaban J connectivity index is 2.63. The molecule has 1 heterocycles. The van der Waals surface area contributed by atoms with Gasteiger partial charge in [0.05, 0.1) is 0 Å². The van der Waals surface area contributed by atoms with Crippen molar-refractivity contribution in [3.8, 4) is 0 Å². The van der Waals surface area contributed by atoms with Crippen molar-refractivity contribution in [2.45, 2.75) is 39.5 Å². The highest BCUT2D eigenvalue weighted by Gasteiger charge is 2.16. The molecular weight excluding hydrogens is 174 g/mol. The van der Waals surface area contributed by atoms with E-state index in [1.54, 1.807) is 0 Å². The number of fused-ring (bicyclic) bond motifs is 1. The molecule has 0 aliphatic heterocycles. The third kappa shape index (κ3) is 1.35. The highest BCUT2D eigenvalue weighted by atomic mass is 16.1. The molecule has 2 heteroatoms. The molecular formula is C12H15NO. The van der Waals surface area contributed by atoms with Crippen molar-refractivity contribution in [3.63, 3.8) is 0 Å². The van der Waals surface area contributed by atoms with Gasteiger partial charge in [-0.3, -0.25) is 9.78 Å². The van der Waals surface area contributed by atoms with Gasteiger partial charge in [-0.15, -0.1) is 0 Å². The van der Waals surface area contributed by atoms with Crippen LogP contribution in [0.25, 0.3) is 0 Å². The first-order valence-electron chi connectivity index (χ1n) is 5.18. The fourth-order valence-corrected chi connectivity index (χ4v) is 2.29. The summed E-state index contributed by atoms with van der Waals surface area (Å²) in [4.78, 5) is 15.4. The summed E-state index contributed by atoms with van der Waals surface area (Å²) in [5.41, 5.74) is 5.38. The van der Waals surface area contributed by atoms with Crippen molar-refractivity contribution in [2.24, 2.45) is 0 Å². The Morgan fingerprint density at radius 2 is 1.93 bits per heavy atom. The lowest BCUT2D eigenvalue weighted by atomic mass is 9.90. The third-order valence-corrected chi connectivity index (χ3v) is 3.11. The molecule has 0 fully saturated rings. The molecule has 74 valence electrons. The van der Waals surface area contributed by atoms with Crippen LogP contribution in [0.1, 0.15) is 45.7 Å². The molecule has 1 aromatic rings. The van der Waals surface area contributed by atoms with Crippen LogP contribution in [-0.4, -0.2) is 11.3 Å². The van der Waals surface area contributed by atoms with Crippen molar-refractivity contribution in [1.29, 1.82) is 0 Å². The number of pyridine rings is 1. The smallest absolute Gasteiger partial charge is 0.152 e. The minimum absolute atomic E-state index is 0.797. The van der Waals surface area contributed by atoms with Gasteiger partial charge in [0.25, 0.3) is 0 Å². The van der Waals surface area contributed by atoms with Crippen molar-refractivity contribution in [3.05, 3.63) is 28.1 Å². The quantitative estimate of drug-likeness (QED) is 0.635. The summed E-state index contributed by atoms with van der Waals surface area (Å²) in [5.74, 6) is 0. The van der Waals surface area contributed by atoms with Crippen LogP contribution >= 0.6 is 0 Å². The first kappa shape index (κ1) is 9.38. The van der Waals surface area contributed by atoms with E-state index in [0.29, 0.717) is 0 Å². The summed E-state index contributed by atoms with van der Waals surface area (Å²) in [7, 11) is 0. The van der Waals surface area contributed by atoms with Gasteiger partial charge in [-0.2, -0.15) is 0 Å². The van der Waals surface area contributed by atoms with Crippen LogP contribution in [0.2, 0.25) is 0 Å². The van der Waals surface area contributed by atoms with Gasteiger partial charge >= 0.3 is 0 Å². The Labute approximate surface area is 84.4 Å². The van der Waals surface area contributed by atoms with E-state index in [0.717, 1.165) is 35.9 Å². The summed E-state index contributed by atoms with van der Waals surface area (Å²) in [6.45, 7) is 3.97. The van der Waals surface area contributed by atoms with Crippen molar-refractivity contribution < 1.29 is 4.79 Å². The second-order valence-corrected chi connectivity index (χ2v) is 3.99. The average Bonchev–Trinajstić information content (AvgIpc) is 2.18. The van der Waals surface area contributed by atoms with Gasteiger partial charge in [-0.1, -0.05) is 0 Å². The molecule has 0 aromatic carbocycles. The largest absolute Gasteiger partial charge is 0.298 e. The maximum Gasteiger partial charge on any atom is 0.152 e. The first-order valence-corrected chi connectivity index (χ1v) is 5.18. The standard InChI is InChI=1S/C12H15NO/c1-8-10-5-3-4-6-12(10)13-9(2)11(8)7-14/h7H,3-6H2,1-2H3. The molecule has 0 bridgehead atoms. The number of aromatic nitrogens is 1. The molecule has 0 N–H and O–H groups in total. The Morgan fingerprint density at radius 1 is 1.21 bits per heavy atom. The Bertz CT molecular complexity index is 382. The van der Waals surface area contributed by atoms with E-state index in [1.807, 2.05) is 13.8 Å². The zero-order chi connectivity index (χ0) is 10.1. The molecule has 0 spiro atoms. The van der Waals surface area contributed by atoms with E-state index in [1.165, 1.54) is 24.1 Å². The Hall–Kier alpha value is -1.18. The molecule has 1 aliphatic rings. The van der Waals surface area contributed by atoms with Gasteiger partial charge in [-0.25, -0.2) is 0 Å². The molecule has 2 nitrogen and oxygen atoms in total. The van der Waals surface area contributed by atoms with Gasteiger partial charge in [0, 0.05) is 17.0 Å². The minimum Gasteiger partial charge on any atom is -0.298 e. The minimum atomic E-state index is 0.797. The number of carbonyl (C=O) groups is 1. The van der Waals surface area contributed by atoms with Crippen LogP contribution in [0.5, 0.6) is 0 Å². The van der Waals surface area contributed by atoms with E-state index in [2.05, 4.69) is 4.98 Å². The second kappa shape index (κ2) is 3.52.